The Bertz CT molecular complexity index is 274. The molecule has 1 aromatic carbocycles. The van der Waals surface area contributed by atoms with E-state index in [0.29, 0.717) is 0 Å². The zero-order valence-corrected chi connectivity index (χ0v) is 8.12. The summed E-state index contributed by atoms with van der Waals surface area (Å²) in [6, 6.07) is 8.85. The van der Waals surface area contributed by atoms with Crippen molar-refractivity contribution in [1.82, 2.24) is 0 Å². The molecule has 0 bridgehead atoms. The number of rotatable bonds is 1. The molecule has 1 nitrogen and oxygen atoms in total. The summed E-state index contributed by atoms with van der Waals surface area (Å²) in [5, 5.41) is 0. The Kier molecular flexibility index (Phi) is 2.65. The molecule has 1 aliphatic rings. The SMILES string of the molecule is Cc1cccc(C2CCOCC2)c1. The number of hydrogen-bond acceptors (Lipinski definition) is 1. The number of hydrogen-bond donors (Lipinski definition) is 0. The number of aryl methyl sites for hydroxylation is 1. The molecule has 2 rings (SSSR count). The second kappa shape index (κ2) is 3.93. The maximum Gasteiger partial charge on any atom is 0.0471 e. The molecular weight excluding hydrogens is 160 g/mol. The van der Waals surface area contributed by atoms with E-state index in [-0.39, 0.29) is 0 Å². The molecule has 0 atom stereocenters. The van der Waals surface area contributed by atoms with Gasteiger partial charge in [0.25, 0.3) is 0 Å². The normalized spacial score (nSPS) is 18.8. The van der Waals surface area contributed by atoms with Gasteiger partial charge >= 0.3 is 0 Å². The zero-order chi connectivity index (χ0) is 9.10. The second-order valence-corrected chi connectivity index (χ2v) is 3.80. The van der Waals surface area contributed by atoms with Crippen LogP contribution in [0.4, 0.5) is 0 Å². The average Bonchev–Trinajstić information content (AvgIpc) is 2.19. The Balaban J connectivity index is 2.14. The van der Waals surface area contributed by atoms with Crippen LogP contribution >= 0.6 is 0 Å². The fourth-order valence-electron chi connectivity index (χ4n) is 1.95. The van der Waals surface area contributed by atoms with Gasteiger partial charge in [-0.2, -0.15) is 0 Å². The van der Waals surface area contributed by atoms with E-state index in [0.717, 1.165) is 19.1 Å². The van der Waals surface area contributed by atoms with Gasteiger partial charge in [0.15, 0.2) is 0 Å². The van der Waals surface area contributed by atoms with Crippen LogP contribution in [0, 0.1) is 6.92 Å². The van der Waals surface area contributed by atoms with Crippen LogP contribution in [0.1, 0.15) is 29.9 Å². The smallest absolute Gasteiger partial charge is 0.0471 e. The predicted molar refractivity (Wildman–Crippen MR) is 54.0 cm³/mol. The molecule has 0 saturated carbocycles. The van der Waals surface area contributed by atoms with Crippen molar-refractivity contribution in [1.29, 1.82) is 0 Å². The van der Waals surface area contributed by atoms with E-state index in [9.17, 15) is 0 Å². The second-order valence-electron chi connectivity index (χ2n) is 3.80. The summed E-state index contributed by atoms with van der Waals surface area (Å²) in [4.78, 5) is 0. The van der Waals surface area contributed by atoms with Gasteiger partial charge in [0.2, 0.25) is 0 Å². The van der Waals surface area contributed by atoms with E-state index >= 15 is 0 Å². The van der Waals surface area contributed by atoms with Crippen LogP contribution in [0.2, 0.25) is 0 Å². The van der Waals surface area contributed by atoms with Crippen molar-refractivity contribution in [3.8, 4) is 0 Å². The van der Waals surface area contributed by atoms with Gasteiger partial charge in [0, 0.05) is 13.2 Å². The Labute approximate surface area is 79.7 Å². The summed E-state index contributed by atoms with van der Waals surface area (Å²) in [7, 11) is 0. The molecule has 1 saturated heterocycles. The highest BCUT2D eigenvalue weighted by molar-refractivity contribution is 5.25. The molecule has 0 spiro atoms. The Morgan fingerprint density at radius 3 is 2.69 bits per heavy atom. The van der Waals surface area contributed by atoms with Gasteiger partial charge in [0.1, 0.15) is 0 Å². The van der Waals surface area contributed by atoms with Crippen LogP contribution in [0.25, 0.3) is 0 Å². The van der Waals surface area contributed by atoms with Crippen molar-refractivity contribution < 1.29 is 4.74 Å². The Morgan fingerprint density at radius 2 is 2.00 bits per heavy atom. The summed E-state index contributed by atoms with van der Waals surface area (Å²) in [6.07, 6.45) is 2.37. The first-order valence-electron chi connectivity index (χ1n) is 5.00. The highest BCUT2D eigenvalue weighted by Crippen LogP contribution is 2.26. The highest BCUT2D eigenvalue weighted by atomic mass is 16.5. The third kappa shape index (κ3) is 2.10. The molecule has 1 heterocycles. The van der Waals surface area contributed by atoms with Crippen molar-refractivity contribution in [2.24, 2.45) is 0 Å². The van der Waals surface area contributed by atoms with Gasteiger partial charge in [-0.05, 0) is 31.2 Å². The van der Waals surface area contributed by atoms with Crippen molar-refractivity contribution in [2.75, 3.05) is 13.2 Å². The van der Waals surface area contributed by atoms with Gasteiger partial charge in [-0.25, -0.2) is 0 Å². The molecule has 13 heavy (non-hydrogen) atoms. The maximum atomic E-state index is 5.35. The molecule has 70 valence electrons. The first kappa shape index (κ1) is 8.76. The Morgan fingerprint density at radius 1 is 1.23 bits per heavy atom. The monoisotopic (exact) mass is 176 g/mol. The molecular formula is C12H16O. The van der Waals surface area contributed by atoms with Crippen LogP contribution in [-0.2, 0) is 4.74 Å². The van der Waals surface area contributed by atoms with Crippen LogP contribution in [0.3, 0.4) is 0 Å². The summed E-state index contributed by atoms with van der Waals surface area (Å²) in [5.41, 5.74) is 2.85. The summed E-state index contributed by atoms with van der Waals surface area (Å²) in [6.45, 7) is 4.01. The lowest BCUT2D eigenvalue weighted by Gasteiger charge is -2.22. The van der Waals surface area contributed by atoms with Gasteiger partial charge in [-0.1, -0.05) is 29.8 Å². The minimum atomic E-state index is 0.730. The summed E-state index contributed by atoms with van der Waals surface area (Å²) >= 11 is 0. The molecule has 0 N–H and O–H groups in total. The third-order valence-corrected chi connectivity index (χ3v) is 2.73. The van der Waals surface area contributed by atoms with E-state index in [1.807, 2.05) is 0 Å². The highest BCUT2D eigenvalue weighted by Gasteiger charge is 2.15. The molecule has 1 heteroatoms. The molecule has 1 fully saturated rings. The van der Waals surface area contributed by atoms with Crippen molar-refractivity contribution >= 4 is 0 Å². The molecule has 1 aliphatic heterocycles. The van der Waals surface area contributed by atoms with Gasteiger partial charge in [-0.15, -0.1) is 0 Å². The van der Waals surface area contributed by atoms with Crippen LogP contribution in [-0.4, -0.2) is 13.2 Å². The molecule has 0 aliphatic carbocycles. The van der Waals surface area contributed by atoms with Crippen LogP contribution in [0.5, 0.6) is 0 Å². The van der Waals surface area contributed by atoms with Gasteiger partial charge in [0.05, 0.1) is 0 Å². The lowest BCUT2D eigenvalue weighted by atomic mass is 9.91. The minimum absolute atomic E-state index is 0.730. The largest absolute Gasteiger partial charge is 0.381 e. The average molecular weight is 176 g/mol. The fraction of sp³-hybridized carbons (Fsp3) is 0.500. The molecule has 0 unspecified atom stereocenters. The number of benzene rings is 1. The fourth-order valence-corrected chi connectivity index (χ4v) is 1.95. The number of ether oxygens (including phenoxy) is 1. The lowest BCUT2D eigenvalue weighted by molar-refractivity contribution is 0.0853. The van der Waals surface area contributed by atoms with Gasteiger partial charge in [-0.3, -0.25) is 0 Å². The van der Waals surface area contributed by atoms with Gasteiger partial charge < -0.3 is 4.74 Å². The topological polar surface area (TPSA) is 9.23 Å². The summed E-state index contributed by atoms with van der Waals surface area (Å²) < 4.78 is 5.35. The maximum absolute atomic E-state index is 5.35. The van der Waals surface area contributed by atoms with E-state index in [2.05, 4.69) is 31.2 Å². The standard InChI is InChI=1S/C12H16O/c1-10-3-2-4-12(9-10)11-5-7-13-8-6-11/h2-4,9,11H,5-8H2,1H3. The van der Waals surface area contributed by atoms with Crippen molar-refractivity contribution in [2.45, 2.75) is 25.7 Å². The molecule has 1 aromatic rings. The van der Waals surface area contributed by atoms with Crippen LogP contribution < -0.4 is 0 Å². The van der Waals surface area contributed by atoms with E-state index in [4.69, 9.17) is 4.74 Å². The first-order chi connectivity index (χ1) is 6.36. The molecule has 0 aromatic heterocycles. The quantitative estimate of drug-likeness (QED) is 0.639. The van der Waals surface area contributed by atoms with E-state index < -0.39 is 0 Å². The van der Waals surface area contributed by atoms with E-state index in [1.165, 1.54) is 24.0 Å². The predicted octanol–water partition coefficient (Wildman–Crippen LogP) is 2.89. The molecule has 0 amide bonds. The van der Waals surface area contributed by atoms with Crippen molar-refractivity contribution in [3.05, 3.63) is 35.4 Å². The van der Waals surface area contributed by atoms with E-state index in [1.54, 1.807) is 0 Å². The summed E-state index contributed by atoms with van der Waals surface area (Å²) in [5.74, 6) is 0.730. The lowest BCUT2D eigenvalue weighted by Crippen LogP contribution is -2.13. The third-order valence-electron chi connectivity index (χ3n) is 2.73. The Hall–Kier alpha value is -0.820. The first-order valence-corrected chi connectivity index (χ1v) is 5.00. The molecule has 0 radical (unpaired) electrons. The minimum Gasteiger partial charge on any atom is -0.381 e. The zero-order valence-electron chi connectivity index (χ0n) is 8.12. The van der Waals surface area contributed by atoms with Crippen molar-refractivity contribution in [3.63, 3.8) is 0 Å². The van der Waals surface area contributed by atoms with Crippen LogP contribution in [0.15, 0.2) is 24.3 Å².